The number of rotatable bonds is 3. The zero-order valence-electron chi connectivity index (χ0n) is 7.71. The second-order valence-corrected chi connectivity index (χ2v) is 3.32. The first-order valence-corrected chi connectivity index (χ1v) is 4.75. The molecule has 1 fully saturated rings. The molecule has 0 bridgehead atoms. The van der Waals surface area contributed by atoms with Crippen molar-refractivity contribution in [2.24, 2.45) is 0 Å². The van der Waals surface area contributed by atoms with Crippen LogP contribution in [0.2, 0.25) is 0 Å². The van der Waals surface area contributed by atoms with Crippen molar-refractivity contribution in [1.29, 1.82) is 0 Å². The van der Waals surface area contributed by atoms with E-state index in [-0.39, 0.29) is 0 Å². The van der Waals surface area contributed by atoms with Gasteiger partial charge in [-0.05, 0) is 39.3 Å². The van der Waals surface area contributed by atoms with Crippen LogP contribution < -0.4 is 0 Å². The Labute approximate surface area is 70.1 Å². The highest BCUT2D eigenvalue weighted by molar-refractivity contribution is 4.92. The second kappa shape index (κ2) is 4.55. The van der Waals surface area contributed by atoms with Gasteiger partial charge in [-0.2, -0.15) is 0 Å². The van der Waals surface area contributed by atoms with Crippen LogP contribution in [0.15, 0.2) is 12.2 Å². The molecule has 0 aliphatic carbocycles. The summed E-state index contributed by atoms with van der Waals surface area (Å²) >= 11 is 0. The summed E-state index contributed by atoms with van der Waals surface area (Å²) in [5, 5.41) is 0. The van der Waals surface area contributed by atoms with Crippen LogP contribution in [0.1, 0.15) is 33.1 Å². The van der Waals surface area contributed by atoms with Crippen molar-refractivity contribution >= 4 is 0 Å². The highest BCUT2D eigenvalue weighted by atomic mass is 15.2. The van der Waals surface area contributed by atoms with Gasteiger partial charge in [-0.15, -0.1) is 0 Å². The van der Waals surface area contributed by atoms with Crippen LogP contribution in [0.5, 0.6) is 0 Å². The van der Waals surface area contributed by atoms with E-state index in [0.717, 1.165) is 6.42 Å². The van der Waals surface area contributed by atoms with E-state index in [1.165, 1.54) is 25.9 Å². The molecule has 1 heterocycles. The van der Waals surface area contributed by atoms with Gasteiger partial charge in [0.2, 0.25) is 0 Å². The fourth-order valence-corrected chi connectivity index (χ4v) is 1.60. The summed E-state index contributed by atoms with van der Waals surface area (Å²) in [6.45, 7) is 7.08. The summed E-state index contributed by atoms with van der Waals surface area (Å²) in [4.78, 5) is 2.55. The summed E-state index contributed by atoms with van der Waals surface area (Å²) in [7, 11) is 0. The van der Waals surface area contributed by atoms with Gasteiger partial charge >= 0.3 is 0 Å². The van der Waals surface area contributed by atoms with E-state index in [1.54, 1.807) is 0 Å². The lowest BCUT2D eigenvalue weighted by molar-refractivity contribution is 0.300. The fraction of sp³-hybridized carbons (Fsp3) is 0.800. The van der Waals surface area contributed by atoms with Gasteiger partial charge < -0.3 is 0 Å². The lowest BCUT2D eigenvalue weighted by atomic mass is 10.2. The quantitative estimate of drug-likeness (QED) is 0.563. The molecule has 0 saturated carbocycles. The molecule has 0 amide bonds. The molecule has 0 aromatic rings. The van der Waals surface area contributed by atoms with Crippen LogP contribution in [-0.4, -0.2) is 24.0 Å². The third kappa shape index (κ3) is 2.66. The molecule has 1 aliphatic heterocycles. The van der Waals surface area contributed by atoms with Crippen LogP contribution in [0, 0.1) is 0 Å². The van der Waals surface area contributed by atoms with Crippen molar-refractivity contribution < 1.29 is 0 Å². The molecule has 1 nitrogen and oxygen atoms in total. The molecule has 0 aromatic heterocycles. The monoisotopic (exact) mass is 153 g/mol. The van der Waals surface area contributed by atoms with Crippen LogP contribution in [-0.2, 0) is 0 Å². The SMILES string of the molecule is CC/C=C/[C@@H](C)N1CCCC1. The van der Waals surface area contributed by atoms with Gasteiger partial charge in [-0.1, -0.05) is 19.1 Å². The first-order chi connectivity index (χ1) is 5.34. The van der Waals surface area contributed by atoms with Crippen molar-refractivity contribution in [2.75, 3.05) is 13.1 Å². The van der Waals surface area contributed by atoms with Gasteiger partial charge in [0, 0.05) is 6.04 Å². The molecule has 1 atom stereocenters. The normalized spacial score (nSPS) is 23.1. The minimum atomic E-state index is 0.664. The number of nitrogens with zero attached hydrogens (tertiary/aromatic N) is 1. The number of hydrogen-bond acceptors (Lipinski definition) is 1. The Morgan fingerprint density at radius 2 is 2.00 bits per heavy atom. The summed E-state index contributed by atoms with van der Waals surface area (Å²) in [5.41, 5.74) is 0. The van der Waals surface area contributed by atoms with E-state index in [9.17, 15) is 0 Å². The number of allylic oxidation sites excluding steroid dienone is 1. The molecule has 11 heavy (non-hydrogen) atoms. The van der Waals surface area contributed by atoms with E-state index in [2.05, 4.69) is 30.9 Å². The molecule has 64 valence electrons. The third-order valence-electron chi connectivity index (χ3n) is 2.37. The average molecular weight is 153 g/mol. The maximum Gasteiger partial charge on any atom is 0.0249 e. The lowest BCUT2D eigenvalue weighted by Gasteiger charge is -2.20. The Bertz CT molecular complexity index is 123. The largest absolute Gasteiger partial charge is 0.297 e. The highest BCUT2D eigenvalue weighted by Crippen LogP contribution is 2.11. The summed E-state index contributed by atoms with van der Waals surface area (Å²) in [6.07, 6.45) is 8.54. The molecule has 1 saturated heterocycles. The van der Waals surface area contributed by atoms with Crippen molar-refractivity contribution in [3.8, 4) is 0 Å². The van der Waals surface area contributed by atoms with Crippen molar-refractivity contribution in [2.45, 2.75) is 39.2 Å². The average Bonchev–Trinajstić information content (AvgIpc) is 2.52. The van der Waals surface area contributed by atoms with Crippen molar-refractivity contribution in [1.82, 2.24) is 4.90 Å². The molecule has 0 radical (unpaired) electrons. The minimum absolute atomic E-state index is 0.664. The summed E-state index contributed by atoms with van der Waals surface area (Å²) < 4.78 is 0. The minimum Gasteiger partial charge on any atom is -0.297 e. The van der Waals surface area contributed by atoms with Crippen LogP contribution >= 0.6 is 0 Å². The zero-order valence-corrected chi connectivity index (χ0v) is 7.71. The third-order valence-corrected chi connectivity index (χ3v) is 2.37. The van der Waals surface area contributed by atoms with Crippen molar-refractivity contribution in [3.63, 3.8) is 0 Å². The predicted octanol–water partition coefficient (Wildman–Crippen LogP) is 2.44. The van der Waals surface area contributed by atoms with E-state index in [0.29, 0.717) is 6.04 Å². The van der Waals surface area contributed by atoms with Crippen LogP contribution in [0.3, 0.4) is 0 Å². The summed E-state index contributed by atoms with van der Waals surface area (Å²) in [6, 6.07) is 0.664. The van der Waals surface area contributed by atoms with Gasteiger partial charge in [-0.25, -0.2) is 0 Å². The predicted molar refractivity (Wildman–Crippen MR) is 49.7 cm³/mol. The van der Waals surface area contributed by atoms with Gasteiger partial charge in [0.15, 0.2) is 0 Å². The highest BCUT2D eigenvalue weighted by Gasteiger charge is 2.14. The summed E-state index contributed by atoms with van der Waals surface area (Å²) in [5.74, 6) is 0. The van der Waals surface area contributed by atoms with Gasteiger partial charge in [0.1, 0.15) is 0 Å². The van der Waals surface area contributed by atoms with Crippen molar-refractivity contribution in [3.05, 3.63) is 12.2 Å². The lowest BCUT2D eigenvalue weighted by Crippen LogP contribution is -2.28. The molecule has 0 N–H and O–H groups in total. The molecule has 0 unspecified atom stereocenters. The number of likely N-dealkylation sites (tertiary alicyclic amines) is 1. The molecule has 0 spiro atoms. The fourth-order valence-electron chi connectivity index (χ4n) is 1.60. The molecule has 1 rings (SSSR count). The second-order valence-electron chi connectivity index (χ2n) is 3.32. The van der Waals surface area contributed by atoms with E-state index in [4.69, 9.17) is 0 Å². The van der Waals surface area contributed by atoms with E-state index < -0.39 is 0 Å². The Morgan fingerprint density at radius 1 is 1.36 bits per heavy atom. The molecular formula is C10H19N. The first kappa shape index (κ1) is 8.79. The van der Waals surface area contributed by atoms with Gasteiger partial charge in [-0.3, -0.25) is 4.90 Å². The smallest absolute Gasteiger partial charge is 0.0249 e. The number of hydrogen-bond donors (Lipinski definition) is 0. The maximum atomic E-state index is 2.55. The first-order valence-electron chi connectivity index (χ1n) is 4.75. The van der Waals surface area contributed by atoms with E-state index >= 15 is 0 Å². The topological polar surface area (TPSA) is 3.24 Å². The maximum absolute atomic E-state index is 2.55. The standard InChI is InChI=1S/C10H19N/c1-3-4-7-10(2)11-8-5-6-9-11/h4,7,10H,3,5-6,8-9H2,1-2H3/b7-4+/t10-/m1/s1. The Hall–Kier alpha value is -0.300. The molecular weight excluding hydrogens is 134 g/mol. The van der Waals surface area contributed by atoms with Gasteiger partial charge in [0.25, 0.3) is 0 Å². The van der Waals surface area contributed by atoms with E-state index in [1.807, 2.05) is 0 Å². The molecule has 0 aromatic carbocycles. The van der Waals surface area contributed by atoms with Gasteiger partial charge in [0.05, 0.1) is 0 Å². The Kier molecular flexibility index (Phi) is 3.64. The zero-order chi connectivity index (χ0) is 8.10. The van der Waals surface area contributed by atoms with Crippen LogP contribution in [0.4, 0.5) is 0 Å². The Balaban J connectivity index is 2.27. The molecule has 1 heteroatoms. The molecule has 1 aliphatic rings. The van der Waals surface area contributed by atoms with Crippen LogP contribution in [0.25, 0.3) is 0 Å². The Morgan fingerprint density at radius 3 is 2.55 bits per heavy atom.